The van der Waals surface area contributed by atoms with Gasteiger partial charge in [-0.05, 0) is 24.6 Å². The van der Waals surface area contributed by atoms with Gasteiger partial charge in [-0.25, -0.2) is 9.59 Å². The van der Waals surface area contributed by atoms with Crippen molar-refractivity contribution in [3.63, 3.8) is 0 Å². The van der Waals surface area contributed by atoms with E-state index >= 15 is 0 Å². The molecule has 17 heavy (non-hydrogen) atoms. The lowest BCUT2D eigenvalue weighted by atomic mass is 10.1. The van der Waals surface area contributed by atoms with Gasteiger partial charge in [0.05, 0.1) is 11.1 Å². The molecule has 0 saturated carbocycles. The second kappa shape index (κ2) is 5.79. The van der Waals surface area contributed by atoms with E-state index in [-0.39, 0.29) is 17.5 Å². The summed E-state index contributed by atoms with van der Waals surface area (Å²) >= 11 is 0. The Labute approximate surface area is 98.0 Å². The molecule has 0 aliphatic carbocycles. The minimum Gasteiger partial charge on any atom is -0.478 e. The van der Waals surface area contributed by atoms with E-state index in [1.165, 1.54) is 18.2 Å². The van der Waals surface area contributed by atoms with E-state index in [1.807, 2.05) is 0 Å². The maximum absolute atomic E-state index is 11.5. The molecule has 5 heteroatoms. The molecule has 0 aromatic heterocycles. The number of carboxylic acids is 1. The molecule has 0 heterocycles. The minimum absolute atomic E-state index is 0.0321. The number of aromatic carboxylic acids is 1. The van der Waals surface area contributed by atoms with Gasteiger partial charge < -0.3 is 9.84 Å². The summed E-state index contributed by atoms with van der Waals surface area (Å²) in [5.74, 6) is -2.66. The highest BCUT2D eigenvalue weighted by Crippen LogP contribution is 2.07. The Kier molecular flexibility index (Phi) is 4.39. The molecule has 0 atom stereocenters. The zero-order valence-corrected chi connectivity index (χ0v) is 9.17. The summed E-state index contributed by atoms with van der Waals surface area (Å²) in [6.45, 7) is 1.66. The Bertz CT molecular complexity index is 450. The van der Waals surface area contributed by atoms with E-state index in [1.54, 1.807) is 13.3 Å². The van der Waals surface area contributed by atoms with Gasteiger partial charge in [0.2, 0.25) is 0 Å². The molecule has 89 valence electrons. The van der Waals surface area contributed by atoms with Crippen molar-refractivity contribution in [2.45, 2.75) is 13.3 Å². The molecule has 1 N–H and O–H groups in total. The standard InChI is InChI=1S/C12H11O5/c1-2-4-10(13)17-12(16)9-6-3-5-8(7-9)11(14)15/h2-3,5-7H,4H2,1H3,(H,14,15). The molecule has 0 aliphatic rings. The first-order chi connectivity index (χ1) is 8.04. The Balaban J connectivity index is 2.79. The number of carboxylic acid groups (broad SMARTS) is 1. The van der Waals surface area contributed by atoms with Gasteiger partial charge in [0, 0.05) is 6.42 Å². The Morgan fingerprint density at radius 2 is 1.94 bits per heavy atom. The summed E-state index contributed by atoms with van der Waals surface area (Å²) in [7, 11) is 0. The molecule has 0 amide bonds. The quantitative estimate of drug-likeness (QED) is 0.634. The number of ether oxygens (including phenoxy) is 1. The predicted molar refractivity (Wildman–Crippen MR) is 58.4 cm³/mol. The van der Waals surface area contributed by atoms with Crippen LogP contribution in [0.1, 0.15) is 34.1 Å². The topological polar surface area (TPSA) is 80.7 Å². The largest absolute Gasteiger partial charge is 0.478 e. The lowest BCUT2D eigenvalue weighted by Gasteiger charge is -2.02. The summed E-state index contributed by atoms with van der Waals surface area (Å²) in [6, 6.07) is 5.31. The summed E-state index contributed by atoms with van der Waals surface area (Å²) in [5.41, 5.74) is 0.00306. The van der Waals surface area contributed by atoms with E-state index in [2.05, 4.69) is 4.74 Å². The van der Waals surface area contributed by atoms with Gasteiger partial charge in [0.1, 0.15) is 0 Å². The highest BCUT2D eigenvalue weighted by atomic mass is 16.6. The normalized spacial score (nSPS) is 9.71. The number of carbonyl (C=O) groups excluding carboxylic acids is 2. The lowest BCUT2D eigenvalue weighted by molar-refractivity contribution is -0.137. The van der Waals surface area contributed by atoms with Gasteiger partial charge in [-0.3, -0.25) is 4.79 Å². The number of hydrogen-bond acceptors (Lipinski definition) is 4. The van der Waals surface area contributed by atoms with Crippen LogP contribution in [0.2, 0.25) is 0 Å². The first-order valence-electron chi connectivity index (χ1n) is 4.90. The number of rotatable bonds is 4. The van der Waals surface area contributed by atoms with E-state index in [9.17, 15) is 14.4 Å². The zero-order chi connectivity index (χ0) is 12.8. The van der Waals surface area contributed by atoms with Crippen LogP contribution in [-0.2, 0) is 9.53 Å². The van der Waals surface area contributed by atoms with Gasteiger partial charge in [-0.1, -0.05) is 13.0 Å². The van der Waals surface area contributed by atoms with Crippen molar-refractivity contribution in [2.24, 2.45) is 0 Å². The van der Waals surface area contributed by atoms with Gasteiger partial charge >= 0.3 is 17.9 Å². The van der Waals surface area contributed by atoms with Crippen LogP contribution in [0.15, 0.2) is 24.3 Å². The Morgan fingerprint density at radius 3 is 2.53 bits per heavy atom. The van der Waals surface area contributed by atoms with Gasteiger partial charge in [0.15, 0.2) is 0 Å². The van der Waals surface area contributed by atoms with Gasteiger partial charge in [-0.15, -0.1) is 0 Å². The summed E-state index contributed by atoms with van der Waals surface area (Å²) < 4.78 is 4.51. The third-order valence-electron chi connectivity index (χ3n) is 1.92. The lowest BCUT2D eigenvalue weighted by Crippen LogP contribution is -2.12. The van der Waals surface area contributed by atoms with Crippen molar-refractivity contribution < 1.29 is 24.2 Å². The number of hydrogen-bond donors (Lipinski definition) is 1. The minimum atomic E-state index is -1.15. The molecule has 0 fully saturated rings. The maximum Gasteiger partial charge on any atom is 0.345 e. The van der Waals surface area contributed by atoms with E-state index < -0.39 is 17.9 Å². The second-order valence-electron chi connectivity index (χ2n) is 3.26. The molecule has 1 radical (unpaired) electrons. The fourth-order valence-electron chi connectivity index (χ4n) is 1.15. The monoisotopic (exact) mass is 235 g/mol. The van der Waals surface area contributed by atoms with Crippen molar-refractivity contribution >= 4 is 17.9 Å². The first kappa shape index (κ1) is 12.9. The highest BCUT2D eigenvalue weighted by molar-refractivity contribution is 5.99. The third kappa shape index (κ3) is 3.71. The van der Waals surface area contributed by atoms with Crippen LogP contribution < -0.4 is 0 Å². The average molecular weight is 235 g/mol. The molecular formula is C12H11O5. The third-order valence-corrected chi connectivity index (χ3v) is 1.92. The van der Waals surface area contributed by atoms with Crippen molar-refractivity contribution in [1.29, 1.82) is 0 Å². The molecule has 1 rings (SSSR count). The van der Waals surface area contributed by atoms with E-state index in [0.717, 1.165) is 6.07 Å². The van der Waals surface area contributed by atoms with Crippen LogP contribution in [0.25, 0.3) is 0 Å². The van der Waals surface area contributed by atoms with E-state index in [4.69, 9.17) is 5.11 Å². The van der Waals surface area contributed by atoms with Gasteiger partial charge in [0.25, 0.3) is 0 Å². The number of esters is 2. The number of benzene rings is 1. The van der Waals surface area contributed by atoms with Crippen LogP contribution in [0.3, 0.4) is 0 Å². The summed E-state index contributed by atoms with van der Waals surface area (Å²) in [4.78, 5) is 33.2. The molecule has 1 aromatic carbocycles. The molecule has 0 bridgehead atoms. The van der Waals surface area contributed by atoms with Gasteiger partial charge in [-0.2, -0.15) is 0 Å². The molecule has 0 spiro atoms. The Hall–Kier alpha value is -2.17. The molecule has 0 aliphatic heterocycles. The smallest absolute Gasteiger partial charge is 0.345 e. The Morgan fingerprint density at radius 1 is 1.29 bits per heavy atom. The van der Waals surface area contributed by atoms with Crippen molar-refractivity contribution in [3.8, 4) is 0 Å². The van der Waals surface area contributed by atoms with Crippen molar-refractivity contribution in [1.82, 2.24) is 0 Å². The first-order valence-corrected chi connectivity index (χ1v) is 4.90. The summed E-state index contributed by atoms with van der Waals surface area (Å²) in [5, 5.41) is 8.73. The van der Waals surface area contributed by atoms with Crippen LogP contribution in [0.4, 0.5) is 0 Å². The van der Waals surface area contributed by atoms with Crippen LogP contribution >= 0.6 is 0 Å². The predicted octanol–water partition coefficient (Wildman–Crippen LogP) is 1.68. The fraction of sp³-hybridized carbons (Fsp3) is 0.167. The van der Waals surface area contributed by atoms with Crippen LogP contribution in [0.5, 0.6) is 0 Å². The SMILES string of the molecule is C[CH]CC(=O)OC(=O)c1cccc(C(=O)O)c1. The zero-order valence-electron chi connectivity index (χ0n) is 9.17. The van der Waals surface area contributed by atoms with E-state index in [0.29, 0.717) is 0 Å². The van der Waals surface area contributed by atoms with Crippen LogP contribution in [-0.4, -0.2) is 23.0 Å². The molecular weight excluding hydrogens is 224 g/mol. The molecule has 0 saturated heterocycles. The molecule has 1 aromatic rings. The van der Waals surface area contributed by atoms with Crippen molar-refractivity contribution in [2.75, 3.05) is 0 Å². The molecule has 0 unspecified atom stereocenters. The van der Waals surface area contributed by atoms with Crippen LogP contribution in [0, 0.1) is 6.42 Å². The summed E-state index contributed by atoms with van der Waals surface area (Å²) in [6.07, 6.45) is 1.59. The maximum atomic E-state index is 11.5. The second-order valence-corrected chi connectivity index (χ2v) is 3.26. The van der Waals surface area contributed by atoms with Crippen molar-refractivity contribution in [3.05, 3.63) is 41.8 Å². The fourth-order valence-corrected chi connectivity index (χ4v) is 1.15. The average Bonchev–Trinajstić information content (AvgIpc) is 2.29. The highest BCUT2D eigenvalue weighted by Gasteiger charge is 2.14. The molecule has 5 nitrogen and oxygen atoms in total. The number of carbonyl (C=O) groups is 3.